The molecular weight excluding hydrogens is 264 g/mol. The molecule has 0 amide bonds. The van der Waals surface area contributed by atoms with Crippen LogP contribution >= 0.6 is 0 Å². The van der Waals surface area contributed by atoms with Crippen molar-refractivity contribution in [2.45, 2.75) is 40.0 Å². The summed E-state index contributed by atoms with van der Waals surface area (Å²) in [6.07, 6.45) is 2.18. The van der Waals surface area contributed by atoms with E-state index < -0.39 is 0 Å². The number of hydrogen-bond acceptors (Lipinski definition) is 3. The molecule has 0 aromatic heterocycles. The number of aryl methyl sites for hydroxylation is 1. The third-order valence-electron chi connectivity index (χ3n) is 3.98. The molecule has 3 N–H and O–H groups in total. The van der Waals surface area contributed by atoms with Crippen LogP contribution in [0.15, 0.2) is 24.3 Å². The average Bonchev–Trinajstić information content (AvgIpc) is 2.46. The second kappa shape index (κ2) is 6.08. The quantitative estimate of drug-likeness (QED) is 0.791. The van der Waals surface area contributed by atoms with Crippen molar-refractivity contribution in [2.75, 3.05) is 0 Å². The van der Waals surface area contributed by atoms with E-state index in [1.165, 1.54) is 0 Å². The smallest absolute Gasteiger partial charge is 0.127 e. The zero-order valence-electron chi connectivity index (χ0n) is 12.8. The van der Waals surface area contributed by atoms with Gasteiger partial charge in [-0.25, -0.2) is 0 Å². The third-order valence-corrected chi connectivity index (χ3v) is 3.98. The second-order valence-electron chi connectivity index (χ2n) is 5.12. The van der Waals surface area contributed by atoms with Crippen LogP contribution in [0.5, 0.6) is 17.2 Å². The SMILES string of the molecule is CCc1cc(-c2c(O)cccc2O)c(CC)c(O)c1CC. The predicted molar refractivity (Wildman–Crippen MR) is 85.0 cm³/mol. The molecule has 0 spiro atoms. The molecule has 2 aromatic rings. The minimum atomic E-state index is 0.0235. The summed E-state index contributed by atoms with van der Waals surface area (Å²) >= 11 is 0. The first-order valence-electron chi connectivity index (χ1n) is 7.42. The van der Waals surface area contributed by atoms with Crippen LogP contribution in [0, 0.1) is 0 Å². The molecule has 0 saturated heterocycles. The topological polar surface area (TPSA) is 60.7 Å². The number of rotatable bonds is 4. The maximum atomic E-state index is 10.6. The number of hydrogen-bond donors (Lipinski definition) is 3. The molecule has 2 rings (SSSR count). The summed E-state index contributed by atoms with van der Waals surface area (Å²) in [4.78, 5) is 0. The van der Waals surface area contributed by atoms with Crippen molar-refractivity contribution in [1.82, 2.24) is 0 Å². The lowest BCUT2D eigenvalue weighted by atomic mass is 9.89. The van der Waals surface area contributed by atoms with Gasteiger partial charge in [0.05, 0.1) is 5.56 Å². The van der Waals surface area contributed by atoms with E-state index in [2.05, 4.69) is 0 Å². The van der Waals surface area contributed by atoms with Gasteiger partial charge in [0.2, 0.25) is 0 Å². The van der Waals surface area contributed by atoms with Crippen molar-refractivity contribution in [3.63, 3.8) is 0 Å². The first-order chi connectivity index (χ1) is 10.0. The minimum Gasteiger partial charge on any atom is -0.507 e. The zero-order chi connectivity index (χ0) is 15.6. The Bertz CT molecular complexity index is 640. The van der Waals surface area contributed by atoms with Crippen molar-refractivity contribution >= 4 is 0 Å². The molecule has 0 unspecified atom stereocenters. The number of phenols is 3. The molecule has 0 aliphatic rings. The molecule has 0 heterocycles. The Morgan fingerprint density at radius 2 is 1.38 bits per heavy atom. The van der Waals surface area contributed by atoms with Gasteiger partial charge in [0.1, 0.15) is 17.2 Å². The molecule has 3 nitrogen and oxygen atoms in total. The Hall–Kier alpha value is -2.16. The van der Waals surface area contributed by atoms with Crippen LogP contribution < -0.4 is 0 Å². The first kappa shape index (κ1) is 15.2. The molecule has 0 radical (unpaired) electrons. The fraction of sp³-hybridized carbons (Fsp3) is 0.333. The molecule has 0 aliphatic heterocycles. The zero-order valence-corrected chi connectivity index (χ0v) is 12.8. The predicted octanol–water partition coefficient (Wildman–Crippen LogP) is 4.16. The van der Waals surface area contributed by atoms with Gasteiger partial charge in [-0.3, -0.25) is 0 Å². The lowest BCUT2D eigenvalue weighted by molar-refractivity contribution is 0.452. The van der Waals surface area contributed by atoms with Crippen LogP contribution in [0.3, 0.4) is 0 Å². The van der Waals surface area contributed by atoms with E-state index in [0.29, 0.717) is 17.5 Å². The molecule has 2 aromatic carbocycles. The minimum absolute atomic E-state index is 0.0235. The van der Waals surface area contributed by atoms with Crippen LogP contribution in [0.1, 0.15) is 37.5 Å². The lowest BCUT2D eigenvalue weighted by Crippen LogP contribution is -1.99. The van der Waals surface area contributed by atoms with Gasteiger partial charge in [-0.1, -0.05) is 32.9 Å². The fourth-order valence-corrected chi connectivity index (χ4v) is 2.91. The van der Waals surface area contributed by atoms with Gasteiger partial charge in [-0.15, -0.1) is 0 Å². The Morgan fingerprint density at radius 1 is 0.810 bits per heavy atom. The highest BCUT2D eigenvalue weighted by Crippen LogP contribution is 2.43. The van der Waals surface area contributed by atoms with Gasteiger partial charge in [-0.2, -0.15) is 0 Å². The normalized spacial score (nSPS) is 10.8. The Kier molecular flexibility index (Phi) is 4.41. The maximum absolute atomic E-state index is 10.6. The monoisotopic (exact) mass is 286 g/mol. The first-order valence-corrected chi connectivity index (χ1v) is 7.42. The standard InChI is InChI=1S/C18H22O3/c1-4-11-10-14(13(6-3)18(21)12(11)5-2)17-15(19)8-7-9-16(17)20/h7-10,19-21H,4-6H2,1-3H3. The lowest BCUT2D eigenvalue weighted by Gasteiger charge is -2.18. The maximum Gasteiger partial charge on any atom is 0.127 e. The molecule has 0 saturated carbocycles. The van der Waals surface area contributed by atoms with Crippen LogP contribution in [0.25, 0.3) is 11.1 Å². The molecule has 3 heteroatoms. The van der Waals surface area contributed by atoms with Crippen molar-refractivity contribution in [1.29, 1.82) is 0 Å². The van der Waals surface area contributed by atoms with Crippen molar-refractivity contribution in [3.8, 4) is 28.4 Å². The summed E-state index contributed by atoms with van der Waals surface area (Å²) in [5.41, 5.74) is 3.86. The van der Waals surface area contributed by atoms with Gasteiger partial charge < -0.3 is 15.3 Å². The third kappa shape index (κ3) is 2.56. The van der Waals surface area contributed by atoms with Crippen molar-refractivity contribution in [2.24, 2.45) is 0 Å². The second-order valence-corrected chi connectivity index (χ2v) is 5.12. The Balaban J connectivity index is 2.83. The van der Waals surface area contributed by atoms with E-state index in [9.17, 15) is 15.3 Å². The van der Waals surface area contributed by atoms with Crippen LogP contribution in [0.2, 0.25) is 0 Å². The summed E-state index contributed by atoms with van der Waals surface area (Å²) in [5, 5.41) is 30.8. The summed E-state index contributed by atoms with van der Waals surface area (Å²) in [7, 11) is 0. The molecule has 0 atom stereocenters. The van der Waals surface area contributed by atoms with E-state index in [4.69, 9.17) is 0 Å². The molecule has 21 heavy (non-hydrogen) atoms. The van der Waals surface area contributed by atoms with Crippen LogP contribution in [0.4, 0.5) is 0 Å². The molecular formula is C18H22O3. The Morgan fingerprint density at radius 3 is 1.86 bits per heavy atom. The van der Waals surface area contributed by atoms with Gasteiger partial charge in [0.25, 0.3) is 0 Å². The molecule has 0 bridgehead atoms. The average molecular weight is 286 g/mol. The number of phenolic OH excluding ortho intramolecular Hbond substituents is 3. The summed E-state index contributed by atoms with van der Waals surface area (Å²) in [6, 6.07) is 6.67. The van der Waals surface area contributed by atoms with Crippen molar-refractivity contribution < 1.29 is 15.3 Å². The van der Waals surface area contributed by atoms with Gasteiger partial charge in [0.15, 0.2) is 0 Å². The summed E-state index contributed by atoms with van der Waals surface area (Å²) in [6.45, 7) is 6.01. The highest BCUT2D eigenvalue weighted by molar-refractivity contribution is 5.81. The van der Waals surface area contributed by atoms with E-state index in [1.54, 1.807) is 18.2 Å². The molecule has 0 aliphatic carbocycles. The summed E-state index contributed by atoms with van der Waals surface area (Å²) in [5.74, 6) is 0.336. The Labute approximate surface area is 125 Å². The van der Waals surface area contributed by atoms with E-state index in [1.807, 2.05) is 26.8 Å². The van der Waals surface area contributed by atoms with E-state index >= 15 is 0 Å². The van der Waals surface area contributed by atoms with Gasteiger partial charge in [-0.05, 0) is 48.1 Å². The highest BCUT2D eigenvalue weighted by Gasteiger charge is 2.19. The number of aromatic hydroxyl groups is 3. The van der Waals surface area contributed by atoms with E-state index in [0.717, 1.165) is 29.5 Å². The van der Waals surface area contributed by atoms with Gasteiger partial charge in [0, 0.05) is 5.56 Å². The van der Waals surface area contributed by atoms with Crippen LogP contribution in [-0.2, 0) is 19.3 Å². The number of benzene rings is 2. The fourth-order valence-electron chi connectivity index (χ4n) is 2.91. The van der Waals surface area contributed by atoms with Crippen molar-refractivity contribution in [3.05, 3.63) is 41.0 Å². The van der Waals surface area contributed by atoms with Crippen LogP contribution in [-0.4, -0.2) is 15.3 Å². The van der Waals surface area contributed by atoms with Gasteiger partial charge >= 0.3 is 0 Å². The molecule has 112 valence electrons. The van der Waals surface area contributed by atoms with E-state index in [-0.39, 0.29) is 17.2 Å². The largest absolute Gasteiger partial charge is 0.507 e. The highest BCUT2D eigenvalue weighted by atomic mass is 16.3. The summed E-state index contributed by atoms with van der Waals surface area (Å²) < 4.78 is 0. The molecule has 0 fully saturated rings.